The fourth-order valence-electron chi connectivity index (χ4n) is 3.60. The van der Waals surface area contributed by atoms with Crippen molar-refractivity contribution >= 4 is 5.71 Å². The molecule has 1 aromatic carbocycles. The maximum atomic E-state index is 13.4. The van der Waals surface area contributed by atoms with E-state index in [0.717, 1.165) is 43.3 Å². The zero-order valence-corrected chi connectivity index (χ0v) is 14.4. The molecule has 0 atom stereocenters. The summed E-state index contributed by atoms with van der Waals surface area (Å²) in [4.78, 5) is 26.5. The standard InChI is InChI=1S/C19H20F2N4O/c20-13-7-12(8-14(21)9-13)10-25-6-4-16-15(11-25)19(26)24-18(23-16)17-3-1-2-5-22-17/h7-9H,1-6,10-11H2,(H,23,24,26). The molecular formula is C19H20F2N4O. The van der Waals surface area contributed by atoms with Gasteiger partial charge in [-0.2, -0.15) is 0 Å². The van der Waals surface area contributed by atoms with Crippen molar-refractivity contribution in [3.05, 3.63) is 62.8 Å². The summed E-state index contributed by atoms with van der Waals surface area (Å²) in [5.74, 6) is -0.584. The summed E-state index contributed by atoms with van der Waals surface area (Å²) >= 11 is 0. The fourth-order valence-corrected chi connectivity index (χ4v) is 3.60. The number of aliphatic imine (C=N–C) groups is 1. The van der Waals surface area contributed by atoms with Crippen molar-refractivity contribution in [2.45, 2.75) is 38.8 Å². The third-order valence-electron chi connectivity index (χ3n) is 4.87. The predicted molar refractivity (Wildman–Crippen MR) is 94.3 cm³/mol. The Hall–Kier alpha value is -2.41. The Morgan fingerprint density at radius 3 is 2.65 bits per heavy atom. The number of H-pyrrole nitrogens is 1. The van der Waals surface area contributed by atoms with E-state index in [1.54, 1.807) is 0 Å². The first-order valence-electron chi connectivity index (χ1n) is 8.91. The van der Waals surface area contributed by atoms with Gasteiger partial charge in [-0.3, -0.25) is 14.7 Å². The van der Waals surface area contributed by atoms with Gasteiger partial charge in [0.1, 0.15) is 11.6 Å². The fraction of sp³-hybridized carbons (Fsp3) is 0.421. The van der Waals surface area contributed by atoms with Crippen LogP contribution >= 0.6 is 0 Å². The van der Waals surface area contributed by atoms with Gasteiger partial charge in [-0.15, -0.1) is 0 Å². The molecule has 3 heterocycles. The molecule has 1 N–H and O–H groups in total. The molecule has 0 saturated heterocycles. The number of nitrogens with one attached hydrogen (secondary N) is 1. The lowest BCUT2D eigenvalue weighted by Crippen LogP contribution is -2.36. The molecule has 0 fully saturated rings. The molecule has 0 saturated carbocycles. The van der Waals surface area contributed by atoms with Crippen LogP contribution in [0.15, 0.2) is 28.0 Å². The van der Waals surface area contributed by atoms with Crippen LogP contribution in [0.25, 0.3) is 0 Å². The van der Waals surface area contributed by atoms with Crippen LogP contribution in [-0.4, -0.2) is 33.7 Å². The second kappa shape index (κ2) is 7.07. The molecule has 26 heavy (non-hydrogen) atoms. The van der Waals surface area contributed by atoms with Gasteiger partial charge in [0.05, 0.1) is 17.0 Å². The summed E-state index contributed by atoms with van der Waals surface area (Å²) in [5.41, 5.74) is 2.73. The van der Waals surface area contributed by atoms with E-state index in [0.29, 0.717) is 43.0 Å². The minimum Gasteiger partial charge on any atom is -0.305 e. The highest BCUT2D eigenvalue weighted by Gasteiger charge is 2.23. The lowest BCUT2D eigenvalue weighted by atomic mass is 10.0. The summed E-state index contributed by atoms with van der Waals surface area (Å²) in [5, 5.41) is 0. The van der Waals surface area contributed by atoms with Crippen LogP contribution in [-0.2, 0) is 19.5 Å². The first-order valence-corrected chi connectivity index (χ1v) is 8.91. The Labute approximate surface area is 149 Å². The average Bonchev–Trinajstić information content (AvgIpc) is 2.62. The van der Waals surface area contributed by atoms with Crippen molar-refractivity contribution in [1.82, 2.24) is 14.9 Å². The molecule has 136 valence electrons. The molecule has 0 amide bonds. The van der Waals surface area contributed by atoms with Crippen LogP contribution in [0, 0.1) is 11.6 Å². The zero-order chi connectivity index (χ0) is 18.1. The average molecular weight is 358 g/mol. The topological polar surface area (TPSA) is 61.4 Å². The van der Waals surface area contributed by atoms with Gasteiger partial charge in [0.25, 0.3) is 5.56 Å². The first-order chi connectivity index (χ1) is 12.6. The first kappa shape index (κ1) is 17.0. The van der Waals surface area contributed by atoms with Crippen molar-refractivity contribution in [1.29, 1.82) is 0 Å². The maximum absolute atomic E-state index is 13.4. The summed E-state index contributed by atoms with van der Waals surface area (Å²) in [6, 6.07) is 3.51. The normalized spacial score (nSPS) is 17.7. The van der Waals surface area contributed by atoms with Crippen LogP contribution < -0.4 is 5.56 Å². The Balaban J connectivity index is 1.55. The summed E-state index contributed by atoms with van der Waals surface area (Å²) in [6.45, 7) is 2.28. The van der Waals surface area contributed by atoms with E-state index in [1.165, 1.54) is 12.1 Å². The molecular weight excluding hydrogens is 338 g/mol. The van der Waals surface area contributed by atoms with Crippen molar-refractivity contribution in [3.8, 4) is 0 Å². The van der Waals surface area contributed by atoms with Gasteiger partial charge < -0.3 is 4.98 Å². The molecule has 5 nitrogen and oxygen atoms in total. The molecule has 2 aliphatic heterocycles. The Kier molecular flexibility index (Phi) is 4.63. The minimum atomic E-state index is -0.588. The molecule has 2 aliphatic rings. The largest absolute Gasteiger partial charge is 0.305 e. The lowest BCUT2D eigenvalue weighted by Gasteiger charge is -2.28. The molecule has 0 spiro atoms. The highest BCUT2D eigenvalue weighted by Crippen LogP contribution is 2.19. The van der Waals surface area contributed by atoms with Crippen LogP contribution in [0.4, 0.5) is 8.78 Å². The smallest absolute Gasteiger partial charge is 0.255 e. The summed E-state index contributed by atoms with van der Waals surface area (Å²) in [7, 11) is 0. The van der Waals surface area contributed by atoms with Gasteiger partial charge in [-0.1, -0.05) is 0 Å². The quantitative estimate of drug-likeness (QED) is 0.917. The van der Waals surface area contributed by atoms with Gasteiger partial charge >= 0.3 is 0 Å². The Bertz CT molecular complexity index is 902. The molecule has 2 aromatic rings. The maximum Gasteiger partial charge on any atom is 0.255 e. The number of hydrogen-bond acceptors (Lipinski definition) is 4. The number of halogens is 2. The highest BCUT2D eigenvalue weighted by molar-refractivity contribution is 5.97. The van der Waals surface area contributed by atoms with Crippen molar-refractivity contribution in [2.24, 2.45) is 4.99 Å². The molecule has 0 aliphatic carbocycles. The Morgan fingerprint density at radius 1 is 1.12 bits per heavy atom. The van der Waals surface area contributed by atoms with E-state index in [4.69, 9.17) is 0 Å². The number of aromatic nitrogens is 2. The SMILES string of the molecule is O=c1[nH]c(C2=NCCCC2)nc2c1CN(Cc1cc(F)cc(F)c1)CC2. The minimum absolute atomic E-state index is 0.145. The summed E-state index contributed by atoms with van der Waals surface area (Å²) in [6.07, 6.45) is 3.63. The van der Waals surface area contributed by atoms with Crippen LogP contribution in [0.2, 0.25) is 0 Å². The van der Waals surface area contributed by atoms with Gasteiger partial charge in [0, 0.05) is 38.7 Å². The number of nitrogens with zero attached hydrogens (tertiary/aromatic N) is 3. The van der Waals surface area contributed by atoms with Crippen LogP contribution in [0.1, 0.15) is 41.9 Å². The van der Waals surface area contributed by atoms with Gasteiger partial charge in [-0.25, -0.2) is 13.8 Å². The van der Waals surface area contributed by atoms with Gasteiger partial charge in [0.15, 0.2) is 5.82 Å². The van der Waals surface area contributed by atoms with E-state index < -0.39 is 11.6 Å². The second-order valence-corrected chi connectivity index (χ2v) is 6.86. The zero-order valence-electron chi connectivity index (χ0n) is 14.4. The predicted octanol–water partition coefficient (Wildman–Crippen LogP) is 2.58. The van der Waals surface area contributed by atoms with E-state index in [9.17, 15) is 13.6 Å². The van der Waals surface area contributed by atoms with Gasteiger partial charge in [-0.05, 0) is 37.0 Å². The van der Waals surface area contributed by atoms with Gasteiger partial charge in [0.2, 0.25) is 0 Å². The molecule has 7 heteroatoms. The van der Waals surface area contributed by atoms with E-state index >= 15 is 0 Å². The molecule has 1 aromatic heterocycles. The summed E-state index contributed by atoms with van der Waals surface area (Å²) < 4.78 is 26.7. The van der Waals surface area contributed by atoms with Crippen LogP contribution in [0.3, 0.4) is 0 Å². The van der Waals surface area contributed by atoms with Crippen molar-refractivity contribution in [2.75, 3.05) is 13.1 Å². The van der Waals surface area contributed by atoms with E-state index in [2.05, 4.69) is 15.0 Å². The monoisotopic (exact) mass is 358 g/mol. The van der Waals surface area contributed by atoms with Crippen molar-refractivity contribution < 1.29 is 8.78 Å². The van der Waals surface area contributed by atoms with Crippen molar-refractivity contribution in [3.63, 3.8) is 0 Å². The second-order valence-electron chi connectivity index (χ2n) is 6.86. The number of aromatic amines is 1. The molecule has 0 radical (unpaired) electrons. The van der Waals surface area contributed by atoms with E-state index in [-0.39, 0.29) is 5.56 Å². The molecule has 0 bridgehead atoms. The number of fused-ring (bicyclic) bond motifs is 1. The third-order valence-corrected chi connectivity index (χ3v) is 4.87. The lowest BCUT2D eigenvalue weighted by molar-refractivity contribution is 0.241. The highest BCUT2D eigenvalue weighted by atomic mass is 19.1. The number of rotatable bonds is 3. The third kappa shape index (κ3) is 3.58. The number of hydrogen-bond donors (Lipinski definition) is 1. The molecule has 4 rings (SSSR count). The Morgan fingerprint density at radius 2 is 1.92 bits per heavy atom. The number of benzene rings is 1. The van der Waals surface area contributed by atoms with E-state index in [1.807, 2.05) is 4.90 Å². The van der Waals surface area contributed by atoms with Crippen LogP contribution in [0.5, 0.6) is 0 Å². The molecule has 0 unspecified atom stereocenters.